The fourth-order valence-corrected chi connectivity index (χ4v) is 4.46. The number of benzene rings is 1. The Kier molecular flexibility index (Phi) is 6.28. The van der Waals surface area contributed by atoms with Crippen molar-refractivity contribution in [3.63, 3.8) is 0 Å². The molecular weight excluding hydrogens is 440 g/mol. The summed E-state index contributed by atoms with van der Waals surface area (Å²) in [6.07, 6.45) is 2.55. The first kappa shape index (κ1) is 23.0. The van der Waals surface area contributed by atoms with Gasteiger partial charge in [-0.3, -0.25) is 9.59 Å². The van der Waals surface area contributed by atoms with Crippen molar-refractivity contribution >= 4 is 34.7 Å². The molecule has 1 fully saturated rings. The third kappa shape index (κ3) is 4.14. The second kappa shape index (κ2) is 9.00. The zero-order valence-electron chi connectivity index (χ0n) is 19.2. The largest absolute Gasteiger partial charge is 0.505 e. The SMILES string of the molecule is Cc1cccn2c(C)c(C(O)=C3C(=O)C(=O)N(CCCN(C)C)C3c3ccc(Cl)cc3)nc12. The van der Waals surface area contributed by atoms with Crippen molar-refractivity contribution < 1.29 is 14.7 Å². The van der Waals surface area contributed by atoms with Crippen LogP contribution in [0, 0.1) is 13.8 Å². The number of Topliss-reactive ketones (excluding diaryl/α,β-unsaturated/α-hetero) is 1. The predicted octanol–water partition coefficient (Wildman–Crippen LogP) is 3.98. The van der Waals surface area contributed by atoms with Gasteiger partial charge < -0.3 is 19.3 Å². The van der Waals surface area contributed by atoms with Crippen molar-refractivity contribution in [2.24, 2.45) is 0 Å². The lowest BCUT2D eigenvalue weighted by Gasteiger charge is -2.26. The number of aromatic nitrogens is 2. The second-order valence-corrected chi connectivity index (χ2v) is 9.07. The molecular formula is C25H27ClN4O3. The second-order valence-electron chi connectivity index (χ2n) is 8.63. The highest BCUT2D eigenvalue weighted by molar-refractivity contribution is 6.46. The molecule has 1 saturated heterocycles. The lowest BCUT2D eigenvalue weighted by atomic mass is 9.96. The Bertz CT molecular complexity index is 1260. The maximum Gasteiger partial charge on any atom is 0.295 e. The first-order valence-electron chi connectivity index (χ1n) is 10.8. The van der Waals surface area contributed by atoms with E-state index in [4.69, 9.17) is 11.6 Å². The summed E-state index contributed by atoms with van der Waals surface area (Å²) in [6, 6.07) is 10.1. The van der Waals surface area contributed by atoms with Crippen LogP contribution in [-0.2, 0) is 9.59 Å². The summed E-state index contributed by atoms with van der Waals surface area (Å²) >= 11 is 6.08. The molecule has 33 heavy (non-hydrogen) atoms. The van der Waals surface area contributed by atoms with E-state index in [2.05, 4.69) is 4.98 Å². The molecule has 1 aromatic carbocycles. The van der Waals surface area contributed by atoms with Gasteiger partial charge in [0, 0.05) is 17.8 Å². The molecule has 1 unspecified atom stereocenters. The van der Waals surface area contributed by atoms with Crippen LogP contribution >= 0.6 is 11.6 Å². The number of aryl methyl sites for hydroxylation is 2. The van der Waals surface area contributed by atoms with Crippen molar-refractivity contribution in [2.45, 2.75) is 26.3 Å². The average Bonchev–Trinajstić information content (AvgIpc) is 3.24. The maximum absolute atomic E-state index is 13.2. The number of fused-ring (bicyclic) bond motifs is 1. The highest BCUT2D eigenvalue weighted by Gasteiger charge is 2.46. The van der Waals surface area contributed by atoms with Gasteiger partial charge in [-0.1, -0.05) is 29.8 Å². The van der Waals surface area contributed by atoms with Crippen LogP contribution in [0.3, 0.4) is 0 Å². The van der Waals surface area contributed by atoms with Gasteiger partial charge in [0.1, 0.15) is 11.3 Å². The van der Waals surface area contributed by atoms with Crippen LogP contribution < -0.4 is 0 Å². The Balaban J connectivity index is 1.87. The molecule has 8 heteroatoms. The van der Waals surface area contributed by atoms with Crippen molar-refractivity contribution in [3.05, 3.63) is 75.7 Å². The zero-order valence-corrected chi connectivity index (χ0v) is 19.9. The van der Waals surface area contributed by atoms with Crippen LogP contribution in [-0.4, -0.2) is 63.2 Å². The summed E-state index contributed by atoms with van der Waals surface area (Å²) in [5.74, 6) is -1.58. The number of aliphatic hydroxyl groups is 1. The minimum absolute atomic E-state index is 0.0522. The number of hydrogen-bond donors (Lipinski definition) is 1. The van der Waals surface area contributed by atoms with E-state index >= 15 is 0 Å². The molecule has 0 aliphatic carbocycles. The number of likely N-dealkylation sites (tertiary alicyclic amines) is 1. The quantitative estimate of drug-likeness (QED) is 0.338. The standard InChI is InChI=1S/C25H27ClN4O3/c1-15-7-5-13-29-16(2)20(27-24(15)29)22(31)19-21(17-8-10-18(26)11-9-17)30(25(33)23(19)32)14-6-12-28(3)4/h5,7-11,13,21,31H,6,12,14H2,1-4H3. The lowest BCUT2D eigenvalue weighted by molar-refractivity contribution is -0.139. The Morgan fingerprint density at radius 3 is 2.48 bits per heavy atom. The highest BCUT2D eigenvalue weighted by atomic mass is 35.5. The van der Waals surface area contributed by atoms with Crippen LogP contribution in [0.4, 0.5) is 0 Å². The molecule has 1 N–H and O–H groups in total. The monoisotopic (exact) mass is 466 g/mol. The van der Waals surface area contributed by atoms with Crippen LogP contribution in [0.5, 0.6) is 0 Å². The Morgan fingerprint density at radius 1 is 1.15 bits per heavy atom. The number of pyridine rings is 1. The van der Waals surface area contributed by atoms with Crippen LogP contribution in [0.1, 0.15) is 35.0 Å². The third-order valence-corrected chi connectivity index (χ3v) is 6.29. The smallest absolute Gasteiger partial charge is 0.295 e. The molecule has 172 valence electrons. The summed E-state index contributed by atoms with van der Waals surface area (Å²) < 4.78 is 1.87. The van der Waals surface area contributed by atoms with Crippen LogP contribution in [0.25, 0.3) is 11.4 Å². The molecule has 0 spiro atoms. The van der Waals surface area contributed by atoms with E-state index < -0.39 is 17.7 Å². The Labute approximate surface area is 197 Å². The van der Waals surface area contributed by atoms with E-state index in [0.717, 1.165) is 12.1 Å². The van der Waals surface area contributed by atoms with Gasteiger partial charge in [-0.15, -0.1) is 0 Å². The fraction of sp³-hybridized carbons (Fsp3) is 0.320. The Morgan fingerprint density at radius 2 is 1.85 bits per heavy atom. The number of aliphatic hydroxyl groups excluding tert-OH is 1. The molecule has 0 saturated carbocycles. The van der Waals surface area contributed by atoms with Gasteiger partial charge in [0.05, 0.1) is 17.3 Å². The minimum Gasteiger partial charge on any atom is -0.505 e. The third-order valence-electron chi connectivity index (χ3n) is 6.04. The van der Waals surface area contributed by atoms with Crippen molar-refractivity contribution in [3.8, 4) is 0 Å². The van der Waals surface area contributed by atoms with Crippen LogP contribution in [0.15, 0.2) is 48.2 Å². The summed E-state index contributed by atoms with van der Waals surface area (Å²) in [5.41, 5.74) is 3.39. The number of carbonyl (C=O) groups is 2. The summed E-state index contributed by atoms with van der Waals surface area (Å²) in [5, 5.41) is 11.9. The number of carbonyl (C=O) groups excluding carboxylic acids is 2. The van der Waals surface area contributed by atoms with Crippen molar-refractivity contribution in [2.75, 3.05) is 27.2 Å². The molecule has 7 nitrogen and oxygen atoms in total. The summed E-state index contributed by atoms with van der Waals surface area (Å²) in [6.45, 7) is 4.92. The molecule has 1 amide bonds. The number of imidazole rings is 1. The summed E-state index contributed by atoms with van der Waals surface area (Å²) in [4.78, 5) is 34.4. The zero-order chi connectivity index (χ0) is 23.9. The van der Waals surface area contributed by atoms with Gasteiger partial charge in [0.2, 0.25) is 0 Å². The molecule has 0 radical (unpaired) electrons. The maximum atomic E-state index is 13.2. The molecule has 4 rings (SSSR count). The lowest BCUT2D eigenvalue weighted by Crippen LogP contribution is -2.32. The number of hydrogen-bond acceptors (Lipinski definition) is 5. The molecule has 1 aliphatic heterocycles. The first-order chi connectivity index (χ1) is 15.7. The van der Waals surface area contributed by atoms with E-state index in [1.807, 2.05) is 55.6 Å². The minimum atomic E-state index is -0.713. The molecule has 0 bridgehead atoms. The van der Waals surface area contributed by atoms with Crippen molar-refractivity contribution in [1.82, 2.24) is 19.2 Å². The van der Waals surface area contributed by atoms with E-state index in [1.165, 1.54) is 4.90 Å². The molecule has 3 heterocycles. The average molecular weight is 467 g/mol. The van der Waals surface area contributed by atoms with Gasteiger partial charge in [0.25, 0.3) is 11.7 Å². The number of ketones is 1. The summed E-state index contributed by atoms with van der Waals surface area (Å²) in [7, 11) is 3.91. The molecule has 1 aliphatic rings. The highest BCUT2D eigenvalue weighted by Crippen LogP contribution is 2.40. The fourth-order valence-electron chi connectivity index (χ4n) is 4.33. The Hall–Kier alpha value is -3.16. The van der Waals surface area contributed by atoms with E-state index in [-0.39, 0.29) is 11.3 Å². The van der Waals surface area contributed by atoms with Crippen LogP contribution in [0.2, 0.25) is 5.02 Å². The molecule has 1 atom stereocenters. The molecule has 3 aromatic rings. The van der Waals surface area contributed by atoms with Gasteiger partial charge in [-0.25, -0.2) is 4.98 Å². The topological polar surface area (TPSA) is 78.2 Å². The van der Waals surface area contributed by atoms with Crippen molar-refractivity contribution in [1.29, 1.82) is 0 Å². The molecule has 2 aromatic heterocycles. The van der Waals surface area contributed by atoms with Gasteiger partial charge in [-0.05, 0) is 70.2 Å². The van der Waals surface area contributed by atoms with E-state index in [9.17, 15) is 14.7 Å². The normalized spacial score (nSPS) is 18.1. The van der Waals surface area contributed by atoms with E-state index in [0.29, 0.717) is 40.6 Å². The van der Waals surface area contributed by atoms with Gasteiger partial charge in [-0.2, -0.15) is 0 Å². The number of amides is 1. The van der Waals surface area contributed by atoms with Gasteiger partial charge >= 0.3 is 0 Å². The first-order valence-corrected chi connectivity index (χ1v) is 11.2. The number of rotatable bonds is 6. The predicted molar refractivity (Wildman–Crippen MR) is 128 cm³/mol. The number of halogens is 1. The number of nitrogens with zero attached hydrogens (tertiary/aromatic N) is 4. The van der Waals surface area contributed by atoms with Gasteiger partial charge in [0.15, 0.2) is 5.76 Å². The van der Waals surface area contributed by atoms with E-state index in [1.54, 1.807) is 24.3 Å².